The number of unbranched alkanes of at least 4 members (excludes halogenated alkanes) is 30. The number of hydrogen-bond donors (Lipinski definition) is 19. The summed E-state index contributed by atoms with van der Waals surface area (Å²) in [5.74, 6) is -9.07. The van der Waals surface area contributed by atoms with E-state index in [1.165, 1.54) is 141 Å². The van der Waals surface area contributed by atoms with Gasteiger partial charge in [-0.2, -0.15) is 0 Å². The number of carboxylic acid groups (broad SMARTS) is 1. The number of rotatable bonds is 58. The van der Waals surface area contributed by atoms with Crippen LogP contribution in [0.1, 0.15) is 252 Å². The molecule has 19 N–H and O–H groups in total. The lowest BCUT2D eigenvalue weighted by Crippen LogP contribution is -2.71. The summed E-state index contributed by atoms with van der Waals surface area (Å²) < 4.78 is 60.5. The van der Waals surface area contributed by atoms with Crippen LogP contribution in [0.25, 0.3) is 0 Å². The largest absolute Gasteiger partial charge is 0.477 e. The number of aliphatic hydroxyl groups is 16. The van der Waals surface area contributed by atoms with Crippen molar-refractivity contribution in [3.63, 3.8) is 0 Å². The number of aliphatic hydroxyl groups excluding tert-OH is 16. The van der Waals surface area contributed by atoms with Gasteiger partial charge >= 0.3 is 5.97 Å². The minimum absolute atomic E-state index is 0.138. The Morgan fingerprint density at radius 2 is 0.929 bits per heavy atom. The molecule has 0 radical (unpaired) electrons. The molecule has 0 aromatic carbocycles. The average molecular weight is 1620 g/mol. The number of ketones is 1. The number of carboxylic acids is 1. The fourth-order valence-electron chi connectivity index (χ4n) is 15.4. The summed E-state index contributed by atoms with van der Waals surface area (Å²) in [4.78, 5) is 53.2. The molecule has 5 rings (SSSR count). The molecule has 0 bridgehead atoms. The highest BCUT2D eigenvalue weighted by Gasteiger charge is 2.62. The van der Waals surface area contributed by atoms with Crippen LogP contribution in [-0.4, -0.2) is 315 Å². The molecule has 112 heavy (non-hydrogen) atoms. The zero-order valence-corrected chi connectivity index (χ0v) is 66.6. The number of nitrogens with one attached hydrogen (secondary N) is 2. The van der Waals surface area contributed by atoms with Gasteiger partial charge in [-0.15, -0.1) is 0 Å². The highest BCUT2D eigenvalue weighted by atomic mass is 16.8. The lowest BCUT2D eigenvalue weighted by atomic mass is 9.86. The van der Waals surface area contributed by atoms with Gasteiger partial charge in [-0.1, -0.05) is 212 Å². The van der Waals surface area contributed by atoms with Gasteiger partial charge in [0.1, 0.15) is 110 Å². The van der Waals surface area contributed by atoms with Crippen LogP contribution in [0.2, 0.25) is 0 Å². The Hall–Kier alpha value is -3.22. The van der Waals surface area contributed by atoms with Crippen LogP contribution in [-0.2, 0) is 66.5 Å². The van der Waals surface area contributed by atoms with Crippen molar-refractivity contribution < 1.29 is 153 Å². The third-order valence-electron chi connectivity index (χ3n) is 22.1. The Labute approximate surface area is 660 Å². The second kappa shape index (κ2) is 54.1. The maximum atomic E-state index is 13.9. The van der Waals surface area contributed by atoms with Gasteiger partial charge in [-0.05, 0) is 26.2 Å². The number of aliphatic carboxylic acids is 1. The summed E-state index contributed by atoms with van der Waals surface area (Å²) >= 11 is 0. The molecule has 33 nitrogen and oxygen atoms in total. The third-order valence-corrected chi connectivity index (χ3v) is 22.1. The highest BCUT2D eigenvalue weighted by Crippen LogP contribution is 2.43. The maximum absolute atomic E-state index is 13.9. The summed E-state index contributed by atoms with van der Waals surface area (Å²) in [6.07, 6.45) is -9.80. The summed E-state index contributed by atoms with van der Waals surface area (Å²) in [5, 5.41) is 195. The normalized spacial score (nSPS) is 33.6. The van der Waals surface area contributed by atoms with Crippen molar-refractivity contribution in [2.24, 2.45) is 5.92 Å². The molecule has 28 atom stereocenters. The number of carbonyl (C=O) groups is 4. The number of hydrogen-bond acceptors (Lipinski definition) is 30. The minimum atomic E-state index is -3.37. The predicted octanol–water partition coefficient (Wildman–Crippen LogP) is 2.00. The van der Waals surface area contributed by atoms with Crippen molar-refractivity contribution >= 4 is 23.6 Å². The van der Waals surface area contributed by atoms with E-state index in [9.17, 15) is 106 Å². The number of Topliss-reactive ketones (excluding diaryl/α,β-unsaturated/α-hetero) is 1. The topological polar surface area (TPSA) is 529 Å². The first-order valence-corrected chi connectivity index (χ1v) is 41.8. The SMILES string of the molecule is CCCCCCCCCCCCC/C=C/[C@@H](O)[C@H](CO[C@@H]1O[C@H](CO)[C@@H](O[C@@H]2O[C@H](CO)[C@H](O[C@@H]3O[C@H](CO)[C@H](O)[C@H](O[C@@H]4O[C@H](CO)[C@H](O)[C@H](O)[C@H]4O)[C@H]3CC(C)=O)[C@H](O[C@]3(C(=O)O)C[C@H](O)[C@@H](NC(C)=O)C([C@H](O)[C@H](O)CO)O3)[C@H]2O)[C@H](O)[C@H]1O)NC(=O)CCCCCCCCCCCCCCCCCCCCCC. The second-order valence-electron chi connectivity index (χ2n) is 31.4. The summed E-state index contributed by atoms with van der Waals surface area (Å²) in [6, 6.07) is -2.89. The van der Waals surface area contributed by atoms with E-state index in [4.69, 9.17) is 47.4 Å². The molecule has 0 saturated carbocycles. The lowest BCUT2D eigenvalue weighted by Gasteiger charge is -2.52. The first kappa shape index (κ1) is 99.3. The summed E-state index contributed by atoms with van der Waals surface area (Å²) in [6.45, 7) is 0.550. The van der Waals surface area contributed by atoms with E-state index in [1.807, 2.05) is 6.08 Å². The number of carbonyl (C=O) groups excluding carboxylic acids is 3. The summed E-state index contributed by atoms with van der Waals surface area (Å²) in [7, 11) is 0. The first-order valence-electron chi connectivity index (χ1n) is 41.8. The molecular weight excluding hydrogens is 1470 g/mol. The average Bonchev–Trinajstić information content (AvgIpc) is 0.749. The smallest absolute Gasteiger partial charge is 0.364 e. The first-order chi connectivity index (χ1) is 53.8. The van der Waals surface area contributed by atoms with Gasteiger partial charge in [0, 0.05) is 32.1 Å². The van der Waals surface area contributed by atoms with Crippen molar-refractivity contribution in [2.45, 2.75) is 418 Å². The van der Waals surface area contributed by atoms with Crippen molar-refractivity contribution in [1.29, 1.82) is 0 Å². The van der Waals surface area contributed by atoms with Crippen LogP contribution in [0.15, 0.2) is 12.2 Å². The molecule has 5 aliphatic heterocycles. The standard InChI is InChI=1S/C79H142N2O31/c1-5-7-9-11-13-15-17-19-20-21-22-23-24-25-27-29-31-33-35-37-39-59(92)81-51(52(89)38-36-34-32-30-28-26-18-16-14-12-10-8-6-2)47-103-75-67(99)65(97)70(57(45-85)106-75)109-77-68(100)73(112-79(78(101)102)41-53(90)60(80-49(4)88)72(111-79)61(93)54(91)42-82)71(58(46-86)107-77)110-74-50(40-48(3)87)69(63(95)56(44-84)104-74)108-76-66(98)64(96)62(94)55(43-83)105-76/h36,38,50-58,60-77,82-86,89-91,93-100H,5-35,37,39-47H2,1-4H3,(H,80,88)(H,81,92)(H,101,102)/b38-36+/t50-,51+,52-,53+,54-,55-,56-,57-,58-,60-,61-,62+,63+,64+,65-,66-,67-,68-,69-,70-,71+,72?,73-,74+,75-,76+,77+,79+/m1/s1. The van der Waals surface area contributed by atoms with Gasteiger partial charge < -0.3 is 150 Å². The highest BCUT2D eigenvalue weighted by molar-refractivity contribution is 5.77. The predicted molar refractivity (Wildman–Crippen MR) is 403 cm³/mol. The Kier molecular flexibility index (Phi) is 47.9. The van der Waals surface area contributed by atoms with E-state index >= 15 is 0 Å². The Morgan fingerprint density at radius 3 is 1.42 bits per heavy atom. The minimum Gasteiger partial charge on any atom is -0.477 e. The molecule has 5 aliphatic rings. The maximum Gasteiger partial charge on any atom is 0.364 e. The van der Waals surface area contributed by atoms with Crippen LogP contribution in [0.3, 0.4) is 0 Å². The molecule has 0 aliphatic carbocycles. The molecule has 2 amide bonds. The van der Waals surface area contributed by atoms with E-state index in [0.717, 1.165) is 65.2 Å². The molecule has 5 saturated heterocycles. The van der Waals surface area contributed by atoms with Gasteiger partial charge in [0.2, 0.25) is 11.8 Å². The van der Waals surface area contributed by atoms with Crippen LogP contribution < -0.4 is 10.6 Å². The third kappa shape index (κ3) is 31.8. The Morgan fingerprint density at radius 1 is 0.491 bits per heavy atom. The fourth-order valence-corrected chi connectivity index (χ4v) is 15.4. The number of ether oxygens (including phenoxy) is 10. The van der Waals surface area contributed by atoms with E-state index < -0.39 is 241 Å². The van der Waals surface area contributed by atoms with Crippen molar-refractivity contribution in [1.82, 2.24) is 10.6 Å². The monoisotopic (exact) mass is 1610 g/mol. The van der Waals surface area contributed by atoms with Crippen LogP contribution in [0.5, 0.6) is 0 Å². The molecule has 5 fully saturated rings. The van der Waals surface area contributed by atoms with Gasteiger partial charge in [-0.25, -0.2) is 4.79 Å². The quantitative estimate of drug-likeness (QED) is 0.0306. The lowest BCUT2D eigenvalue weighted by molar-refractivity contribution is -0.406. The molecular formula is C79H142N2O31. The zero-order chi connectivity index (χ0) is 82.3. The molecule has 5 heterocycles. The van der Waals surface area contributed by atoms with E-state index in [2.05, 4.69) is 24.5 Å². The second-order valence-corrected chi connectivity index (χ2v) is 31.4. The molecule has 0 aromatic heterocycles. The fraction of sp³-hybridized carbons (Fsp3) is 0.924. The van der Waals surface area contributed by atoms with E-state index in [0.29, 0.717) is 12.8 Å². The Bertz CT molecular complexity index is 2590. The van der Waals surface area contributed by atoms with Gasteiger partial charge in [0.25, 0.3) is 5.79 Å². The summed E-state index contributed by atoms with van der Waals surface area (Å²) in [5.41, 5.74) is 0. The van der Waals surface area contributed by atoms with Crippen molar-refractivity contribution in [3.05, 3.63) is 12.2 Å². The van der Waals surface area contributed by atoms with Crippen LogP contribution in [0.4, 0.5) is 0 Å². The van der Waals surface area contributed by atoms with Crippen LogP contribution in [0, 0.1) is 5.92 Å². The van der Waals surface area contributed by atoms with Gasteiger partial charge in [0.15, 0.2) is 25.2 Å². The van der Waals surface area contributed by atoms with Gasteiger partial charge in [-0.3, -0.25) is 9.59 Å². The Balaban J connectivity index is 1.35. The van der Waals surface area contributed by atoms with E-state index in [-0.39, 0.29) is 12.3 Å². The molecule has 33 heteroatoms. The zero-order valence-electron chi connectivity index (χ0n) is 66.6. The molecule has 654 valence electrons. The molecule has 0 aromatic rings. The van der Waals surface area contributed by atoms with E-state index in [1.54, 1.807) is 6.08 Å². The van der Waals surface area contributed by atoms with Crippen molar-refractivity contribution in [3.8, 4) is 0 Å². The van der Waals surface area contributed by atoms with Crippen LogP contribution >= 0.6 is 0 Å². The van der Waals surface area contributed by atoms with Crippen molar-refractivity contribution in [2.75, 3.05) is 39.6 Å². The molecule has 0 spiro atoms. The number of amides is 2. The van der Waals surface area contributed by atoms with Gasteiger partial charge in [0.05, 0.1) is 70.0 Å². The molecule has 1 unspecified atom stereocenters. The number of allylic oxidation sites excluding steroid dienone is 1.